The molecule has 0 aliphatic carbocycles. The van der Waals surface area contributed by atoms with Crippen LogP contribution in [0.4, 0.5) is 0 Å². The van der Waals surface area contributed by atoms with Gasteiger partial charge in [-0.2, -0.15) is 0 Å². The third kappa shape index (κ3) is 2.25. The summed E-state index contributed by atoms with van der Waals surface area (Å²) in [4.78, 5) is 4.50. The highest BCUT2D eigenvalue weighted by molar-refractivity contribution is 7.13. The first-order valence-corrected chi connectivity index (χ1v) is 5.83. The number of benzene rings is 1. The van der Waals surface area contributed by atoms with Crippen LogP contribution in [0, 0.1) is 6.92 Å². The normalized spacial score (nSPS) is 12.7. The highest BCUT2D eigenvalue weighted by atomic mass is 32.1. The van der Waals surface area contributed by atoms with Crippen LogP contribution in [0.15, 0.2) is 29.6 Å². The van der Waals surface area contributed by atoms with Gasteiger partial charge in [-0.25, -0.2) is 4.98 Å². The molecule has 1 aromatic heterocycles. The summed E-state index contributed by atoms with van der Waals surface area (Å²) >= 11 is 1.65. The summed E-state index contributed by atoms with van der Waals surface area (Å²) in [6.45, 7) is 4.03. The molecule has 0 saturated heterocycles. The lowest BCUT2D eigenvalue weighted by Crippen LogP contribution is -2.04. The first-order chi connectivity index (χ1) is 7.16. The van der Waals surface area contributed by atoms with Crippen LogP contribution >= 0.6 is 11.3 Å². The Balaban J connectivity index is 2.33. The van der Waals surface area contributed by atoms with E-state index in [0.29, 0.717) is 0 Å². The van der Waals surface area contributed by atoms with Gasteiger partial charge in [0.25, 0.3) is 0 Å². The lowest BCUT2D eigenvalue weighted by atomic mass is 10.2. The van der Waals surface area contributed by atoms with Crippen molar-refractivity contribution >= 4 is 11.3 Å². The van der Waals surface area contributed by atoms with Crippen LogP contribution in [-0.2, 0) is 0 Å². The highest BCUT2D eigenvalue weighted by Gasteiger charge is 2.06. The van der Waals surface area contributed by atoms with E-state index in [-0.39, 0.29) is 6.04 Å². The maximum atomic E-state index is 5.77. The van der Waals surface area contributed by atoms with Crippen molar-refractivity contribution < 1.29 is 0 Å². The summed E-state index contributed by atoms with van der Waals surface area (Å²) < 4.78 is 0. The van der Waals surface area contributed by atoms with Crippen molar-refractivity contribution in [3.8, 4) is 10.6 Å². The second kappa shape index (κ2) is 4.13. The van der Waals surface area contributed by atoms with Gasteiger partial charge in [0.2, 0.25) is 0 Å². The molecular formula is C12H14N2S. The Bertz CT molecular complexity index is 443. The van der Waals surface area contributed by atoms with Crippen LogP contribution in [0.1, 0.15) is 24.2 Å². The molecule has 1 aromatic carbocycles. The molecule has 0 radical (unpaired) electrons. The Kier molecular flexibility index (Phi) is 2.84. The average Bonchev–Trinajstić information content (AvgIpc) is 2.68. The predicted molar refractivity (Wildman–Crippen MR) is 64.9 cm³/mol. The molecule has 2 nitrogen and oxygen atoms in total. The molecule has 0 spiro atoms. The van der Waals surface area contributed by atoms with Crippen LogP contribution in [-0.4, -0.2) is 4.98 Å². The molecule has 0 aliphatic rings. The van der Waals surface area contributed by atoms with Crippen molar-refractivity contribution in [2.45, 2.75) is 19.9 Å². The van der Waals surface area contributed by atoms with E-state index in [9.17, 15) is 0 Å². The number of nitrogens with zero attached hydrogens (tertiary/aromatic N) is 1. The van der Waals surface area contributed by atoms with Gasteiger partial charge in [-0.1, -0.05) is 29.8 Å². The molecule has 0 bridgehead atoms. The standard InChI is InChI=1S/C12H14N2S/c1-8-3-5-10(6-4-8)12-14-11(7-15-12)9(2)13/h3-7,9H,13H2,1-2H3/t9-/m0/s1. The van der Waals surface area contributed by atoms with Crippen LogP contribution in [0.2, 0.25) is 0 Å². The molecule has 0 fully saturated rings. The molecule has 0 amide bonds. The van der Waals surface area contributed by atoms with Gasteiger partial charge < -0.3 is 5.73 Å². The fraction of sp³-hybridized carbons (Fsp3) is 0.250. The van der Waals surface area contributed by atoms with Crippen molar-refractivity contribution in [1.82, 2.24) is 4.98 Å². The van der Waals surface area contributed by atoms with Crippen molar-refractivity contribution in [1.29, 1.82) is 0 Å². The summed E-state index contributed by atoms with van der Waals surface area (Å²) in [6.07, 6.45) is 0. The molecule has 1 heterocycles. The van der Waals surface area contributed by atoms with E-state index in [1.165, 1.54) is 5.56 Å². The van der Waals surface area contributed by atoms with Crippen molar-refractivity contribution in [2.75, 3.05) is 0 Å². The molecule has 2 N–H and O–H groups in total. The van der Waals surface area contributed by atoms with E-state index in [4.69, 9.17) is 5.73 Å². The van der Waals surface area contributed by atoms with E-state index in [2.05, 4.69) is 36.2 Å². The van der Waals surface area contributed by atoms with Crippen LogP contribution < -0.4 is 5.73 Å². The molecule has 3 heteroatoms. The van der Waals surface area contributed by atoms with E-state index in [1.807, 2.05) is 12.3 Å². The third-order valence-corrected chi connectivity index (χ3v) is 3.20. The molecular weight excluding hydrogens is 204 g/mol. The maximum absolute atomic E-state index is 5.77. The lowest BCUT2D eigenvalue weighted by Gasteiger charge is -1.99. The monoisotopic (exact) mass is 218 g/mol. The zero-order valence-corrected chi connectivity index (χ0v) is 9.71. The van der Waals surface area contributed by atoms with Crippen LogP contribution in [0.5, 0.6) is 0 Å². The van der Waals surface area contributed by atoms with Crippen LogP contribution in [0.25, 0.3) is 10.6 Å². The largest absolute Gasteiger partial charge is 0.323 e. The van der Waals surface area contributed by atoms with E-state index < -0.39 is 0 Å². The lowest BCUT2D eigenvalue weighted by molar-refractivity contribution is 0.790. The Morgan fingerprint density at radius 3 is 2.47 bits per heavy atom. The Morgan fingerprint density at radius 2 is 1.93 bits per heavy atom. The molecule has 0 unspecified atom stereocenters. The second-order valence-corrected chi connectivity index (χ2v) is 4.59. The third-order valence-electron chi connectivity index (χ3n) is 2.29. The predicted octanol–water partition coefficient (Wildman–Crippen LogP) is 3.14. The van der Waals surface area contributed by atoms with E-state index in [1.54, 1.807) is 11.3 Å². The molecule has 2 aromatic rings. The summed E-state index contributed by atoms with van der Waals surface area (Å²) in [7, 11) is 0. The number of hydrogen-bond donors (Lipinski definition) is 1. The fourth-order valence-corrected chi connectivity index (χ4v) is 2.25. The molecule has 2 rings (SSSR count). The first-order valence-electron chi connectivity index (χ1n) is 4.95. The van der Waals surface area contributed by atoms with Gasteiger partial charge in [0.05, 0.1) is 5.69 Å². The Hall–Kier alpha value is -1.19. The fourth-order valence-electron chi connectivity index (χ4n) is 1.32. The Labute approximate surface area is 93.8 Å². The van der Waals surface area contributed by atoms with Gasteiger partial charge in [0, 0.05) is 17.0 Å². The molecule has 1 atom stereocenters. The zero-order valence-electron chi connectivity index (χ0n) is 8.90. The van der Waals surface area contributed by atoms with Gasteiger partial charge >= 0.3 is 0 Å². The number of hydrogen-bond acceptors (Lipinski definition) is 3. The average molecular weight is 218 g/mol. The number of thiazole rings is 1. The van der Waals surface area contributed by atoms with Gasteiger partial charge in [0.1, 0.15) is 5.01 Å². The number of aromatic nitrogens is 1. The maximum Gasteiger partial charge on any atom is 0.123 e. The summed E-state index contributed by atoms with van der Waals surface area (Å²) in [5.74, 6) is 0. The summed E-state index contributed by atoms with van der Waals surface area (Å²) in [5, 5.41) is 3.07. The first kappa shape index (κ1) is 10.3. The minimum Gasteiger partial charge on any atom is -0.323 e. The smallest absolute Gasteiger partial charge is 0.123 e. The molecule has 0 aliphatic heterocycles. The quantitative estimate of drug-likeness (QED) is 0.841. The van der Waals surface area contributed by atoms with Crippen molar-refractivity contribution in [2.24, 2.45) is 5.73 Å². The molecule has 78 valence electrons. The highest BCUT2D eigenvalue weighted by Crippen LogP contribution is 2.25. The number of nitrogens with two attached hydrogens (primary N) is 1. The minimum atomic E-state index is 0.0143. The van der Waals surface area contributed by atoms with E-state index >= 15 is 0 Å². The number of rotatable bonds is 2. The van der Waals surface area contributed by atoms with Crippen molar-refractivity contribution in [3.05, 3.63) is 40.9 Å². The minimum absolute atomic E-state index is 0.0143. The summed E-state index contributed by atoms with van der Waals surface area (Å²) in [5.41, 5.74) is 9.17. The topological polar surface area (TPSA) is 38.9 Å². The molecule has 15 heavy (non-hydrogen) atoms. The molecule has 0 saturated carbocycles. The van der Waals surface area contributed by atoms with Gasteiger partial charge in [-0.3, -0.25) is 0 Å². The second-order valence-electron chi connectivity index (χ2n) is 3.73. The van der Waals surface area contributed by atoms with Gasteiger partial charge in [-0.05, 0) is 13.8 Å². The summed E-state index contributed by atoms with van der Waals surface area (Å²) in [6, 6.07) is 8.41. The zero-order chi connectivity index (χ0) is 10.8. The van der Waals surface area contributed by atoms with Gasteiger partial charge in [-0.15, -0.1) is 11.3 Å². The van der Waals surface area contributed by atoms with Gasteiger partial charge in [0.15, 0.2) is 0 Å². The van der Waals surface area contributed by atoms with E-state index in [0.717, 1.165) is 16.3 Å². The SMILES string of the molecule is Cc1ccc(-c2nc([C@H](C)N)cs2)cc1. The van der Waals surface area contributed by atoms with Crippen LogP contribution in [0.3, 0.4) is 0 Å². The number of aryl methyl sites for hydroxylation is 1. The Morgan fingerprint density at radius 1 is 1.27 bits per heavy atom. The van der Waals surface area contributed by atoms with Crippen molar-refractivity contribution in [3.63, 3.8) is 0 Å².